The predicted octanol–water partition coefficient (Wildman–Crippen LogP) is 3.16. The fraction of sp³-hybridized carbons (Fsp3) is 0.357. The second-order valence-corrected chi connectivity index (χ2v) is 4.04. The maximum absolute atomic E-state index is 11.4. The average molecular weight is 218 g/mol. The molecule has 16 heavy (non-hydrogen) atoms. The Kier molecular flexibility index (Phi) is 4.77. The molecular formula is C14H18O2. The first-order valence-electron chi connectivity index (χ1n) is 5.42. The van der Waals surface area contributed by atoms with Gasteiger partial charge in [0.1, 0.15) is 5.75 Å². The molecule has 0 saturated heterocycles. The third kappa shape index (κ3) is 4.30. The molecule has 1 rings (SSSR count). The summed E-state index contributed by atoms with van der Waals surface area (Å²) in [5.74, 6) is 1.04. The van der Waals surface area contributed by atoms with Gasteiger partial charge in [0.05, 0.1) is 7.11 Å². The summed E-state index contributed by atoms with van der Waals surface area (Å²) < 4.78 is 5.07. The van der Waals surface area contributed by atoms with Gasteiger partial charge in [-0.2, -0.15) is 0 Å². The third-order valence-electron chi connectivity index (χ3n) is 2.27. The fourth-order valence-electron chi connectivity index (χ4n) is 1.45. The molecule has 0 aromatic heterocycles. The van der Waals surface area contributed by atoms with Gasteiger partial charge in [-0.25, -0.2) is 0 Å². The van der Waals surface area contributed by atoms with Crippen LogP contribution in [0.2, 0.25) is 0 Å². The molecule has 0 saturated carbocycles. The Morgan fingerprint density at radius 1 is 1.25 bits per heavy atom. The van der Waals surface area contributed by atoms with Crippen molar-refractivity contribution in [3.8, 4) is 5.75 Å². The minimum atomic E-state index is 0.191. The van der Waals surface area contributed by atoms with E-state index in [0.29, 0.717) is 6.42 Å². The molecule has 0 spiro atoms. The maximum atomic E-state index is 11.4. The number of carbonyl (C=O) groups is 1. The molecule has 86 valence electrons. The molecule has 1 aromatic carbocycles. The zero-order valence-electron chi connectivity index (χ0n) is 10.1. The van der Waals surface area contributed by atoms with Crippen LogP contribution in [-0.2, 0) is 11.2 Å². The van der Waals surface area contributed by atoms with Gasteiger partial charge < -0.3 is 4.74 Å². The van der Waals surface area contributed by atoms with E-state index >= 15 is 0 Å². The van der Waals surface area contributed by atoms with Crippen LogP contribution in [0.4, 0.5) is 0 Å². The normalized spacial score (nSPS) is 9.69. The highest BCUT2D eigenvalue weighted by Gasteiger charge is 1.99. The summed E-state index contributed by atoms with van der Waals surface area (Å²) >= 11 is 0. The topological polar surface area (TPSA) is 26.3 Å². The first kappa shape index (κ1) is 12.5. The first-order valence-corrected chi connectivity index (χ1v) is 5.42. The quantitative estimate of drug-likeness (QED) is 0.709. The zero-order chi connectivity index (χ0) is 12.0. The monoisotopic (exact) mass is 218 g/mol. The van der Waals surface area contributed by atoms with E-state index in [2.05, 4.69) is 0 Å². The second kappa shape index (κ2) is 6.11. The van der Waals surface area contributed by atoms with Crippen molar-refractivity contribution in [3.05, 3.63) is 41.5 Å². The van der Waals surface area contributed by atoms with Gasteiger partial charge in [0.25, 0.3) is 0 Å². The van der Waals surface area contributed by atoms with E-state index in [1.165, 1.54) is 0 Å². The standard InChI is InChI=1S/C14H18O2/c1-11(2)10-13(15)7-4-12-5-8-14(16-3)9-6-12/h5-6,8-10H,4,7H2,1-3H3. The Bertz CT molecular complexity index is 370. The Morgan fingerprint density at radius 2 is 1.88 bits per heavy atom. The van der Waals surface area contributed by atoms with E-state index in [4.69, 9.17) is 4.74 Å². The smallest absolute Gasteiger partial charge is 0.155 e. The summed E-state index contributed by atoms with van der Waals surface area (Å²) in [4.78, 5) is 11.4. The van der Waals surface area contributed by atoms with E-state index in [0.717, 1.165) is 23.3 Å². The molecule has 1 aromatic rings. The van der Waals surface area contributed by atoms with E-state index < -0.39 is 0 Å². The molecule has 0 radical (unpaired) electrons. The van der Waals surface area contributed by atoms with Crippen molar-refractivity contribution in [2.45, 2.75) is 26.7 Å². The molecule has 0 N–H and O–H groups in total. The number of ketones is 1. The van der Waals surface area contributed by atoms with Crippen molar-refractivity contribution >= 4 is 5.78 Å². The lowest BCUT2D eigenvalue weighted by Crippen LogP contribution is -1.96. The lowest BCUT2D eigenvalue weighted by atomic mass is 10.1. The van der Waals surface area contributed by atoms with Crippen LogP contribution in [0.1, 0.15) is 25.8 Å². The number of hydrogen-bond acceptors (Lipinski definition) is 2. The highest BCUT2D eigenvalue weighted by atomic mass is 16.5. The summed E-state index contributed by atoms with van der Waals surface area (Å²) in [5, 5.41) is 0. The van der Waals surface area contributed by atoms with Crippen LogP contribution in [0, 0.1) is 0 Å². The molecule has 0 unspecified atom stereocenters. The summed E-state index contributed by atoms with van der Waals surface area (Å²) in [6.45, 7) is 3.87. The number of aryl methyl sites for hydroxylation is 1. The Labute approximate surface area is 96.9 Å². The van der Waals surface area contributed by atoms with Crippen LogP contribution in [0.5, 0.6) is 5.75 Å². The molecule has 0 atom stereocenters. The zero-order valence-corrected chi connectivity index (χ0v) is 10.1. The van der Waals surface area contributed by atoms with Crippen LogP contribution >= 0.6 is 0 Å². The van der Waals surface area contributed by atoms with E-state index in [-0.39, 0.29) is 5.78 Å². The molecule has 0 amide bonds. The lowest BCUT2D eigenvalue weighted by molar-refractivity contribution is -0.114. The highest BCUT2D eigenvalue weighted by molar-refractivity contribution is 5.90. The summed E-state index contributed by atoms with van der Waals surface area (Å²) in [7, 11) is 1.65. The number of rotatable bonds is 5. The SMILES string of the molecule is COc1ccc(CCC(=O)C=C(C)C)cc1. The Hall–Kier alpha value is -1.57. The highest BCUT2D eigenvalue weighted by Crippen LogP contribution is 2.12. The molecule has 0 bridgehead atoms. The van der Waals surface area contributed by atoms with Crippen LogP contribution in [0.25, 0.3) is 0 Å². The number of methoxy groups -OCH3 is 1. The van der Waals surface area contributed by atoms with Crippen molar-refractivity contribution < 1.29 is 9.53 Å². The molecule has 0 aliphatic heterocycles. The van der Waals surface area contributed by atoms with Crippen molar-refractivity contribution in [1.29, 1.82) is 0 Å². The van der Waals surface area contributed by atoms with Gasteiger partial charge in [-0.1, -0.05) is 17.7 Å². The van der Waals surface area contributed by atoms with Crippen LogP contribution in [0.15, 0.2) is 35.9 Å². The minimum Gasteiger partial charge on any atom is -0.497 e. The number of allylic oxidation sites excluding steroid dienone is 2. The molecule has 0 aliphatic carbocycles. The van der Waals surface area contributed by atoms with Crippen LogP contribution < -0.4 is 4.74 Å². The van der Waals surface area contributed by atoms with E-state index in [1.54, 1.807) is 13.2 Å². The molecule has 0 heterocycles. The predicted molar refractivity (Wildman–Crippen MR) is 65.8 cm³/mol. The van der Waals surface area contributed by atoms with Gasteiger partial charge in [-0.15, -0.1) is 0 Å². The van der Waals surface area contributed by atoms with Gasteiger partial charge in [-0.05, 0) is 44.0 Å². The molecule has 0 aliphatic rings. The lowest BCUT2D eigenvalue weighted by Gasteiger charge is -2.02. The molecule has 0 fully saturated rings. The summed E-state index contributed by atoms with van der Waals surface area (Å²) in [6.07, 6.45) is 3.05. The van der Waals surface area contributed by atoms with E-state index in [9.17, 15) is 4.79 Å². The largest absolute Gasteiger partial charge is 0.497 e. The van der Waals surface area contributed by atoms with Crippen molar-refractivity contribution in [2.24, 2.45) is 0 Å². The average Bonchev–Trinajstić information content (AvgIpc) is 2.26. The summed E-state index contributed by atoms with van der Waals surface area (Å²) in [5.41, 5.74) is 2.22. The maximum Gasteiger partial charge on any atom is 0.155 e. The van der Waals surface area contributed by atoms with Gasteiger partial charge >= 0.3 is 0 Å². The third-order valence-corrected chi connectivity index (χ3v) is 2.27. The van der Waals surface area contributed by atoms with Crippen molar-refractivity contribution in [1.82, 2.24) is 0 Å². The Balaban J connectivity index is 2.48. The fourth-order valence-corrected chi connectivity index (χ4v) is 1.45. The van der Waals surface area contributed by atoms with E-state index in [1.807, 2.05) is 38.1 Å². The molecule has 2 nitrogen and oxygen atoms in total. The number of benzene rings is 1. The number of hydrogen-bond donors (Lipinski definition) is 0. The molecule has 2 heteroatoms. The molecular weight excluding hydrogens is 200 g/mol. The van der Waals surface area contributed by atoms with Gasteiger partial charge in [0, 0.05) is 6.42 Å². The van der Waals surface area contributed by atoms with Gasteiger partial charge in [0.2, 0.25) is 0 Å². The number of carbonyl (C=O) groups excluding carboxylic acids is 1. The van der Waals surface area contributed by atoms with Crippen molar-refractivity contribution in [2.75, 3.05) is 7.11 Å². The second-order valence-electron chi connectivity index (χ2n) is 4.04. The van der Waals surface area contributed by atoms with Gasteiger partial charge in [0.15, 0.2) is 5.78 Å². The minimum absolute atomic E-state index is 0.191. The van der Waals surface area contributed by atoms with Crippen LogP contribution in [-0.4, -0.2) is 12.9 Å². The van der Waals surface area contributed by atoms with Crippen LogP contribution in [0.3, 0.4) is 0 Å². The Morgan fingerprint density at radius 3 is 2.38 bits per heavy atom. The van der Waals surface area contributed by atoms with Crippen molar-refractivity contribution in [3.63, 3.8) is 0 Å². The first-order chi connectivity index (χ1) is 7.61. The number of ether oxygens (including phenoxy) is 1. The van der Waals surface area contributed by atoms with Gasteiger partial charge in [-0.3, -0.25) is 4.79 Å². The summed E-state index contributed by atoms with van der Waals surface area (Å²) in [6, 6.07) is 7.82.